The SMILES string of the molecule is Cc1cc2c(OC3CCCCCC3N)ncnc2s1. The van der Waals surface area contributed by atoms with E-state index in [9.17, 15) is 0 Å². The summed E-state index contributed by atoms with van der Waals surface area (Å²) in [5.74, 6) is 0.691. The van der Waals surface area contributed by atoms with E-state index in [0.717, 1.165) is 23.1 Å². The number of rotatable bonds is 2. The molecule has 0 saturated heterocycles. The first kappa shape index (κ1) is 12.8. The summed E-state index contributed by atoms with van der Waals surface area (Å²) in [6.07, 6.45) is 7.38. The van der Waals surface area contributed by atoms with Gasteiger partial charge in [-0.2, -0.15) is 0 Å². The largest absolute Gasteiger partial charge is 0.472 e. The summed E-state index contributed by atoms with van der Waals surface area (Å²) in [5, 5.41) is 1.02. The van der Waals surface area contributed by atoms with Crippen LogP contribution in [0.1, 0.15) is 37.0 Å². The highest BCUT2D eigenvalue weighted by molar-refractivity contribution is 7.18. The standard InChI is InChI=1S/C14H19N3OS/c1-9-7-10-13(16-8-17-14(10)19-9)18-12-6-4-2-3-5-11(12)15/h7-8,11-12H,2-6,15H2,1H3. The fourth-order valence-electron chi connectivity index (χ4n) is 2.64. The number of hydrogen-bond acceptors (Lipinski definition) is 5. The lowest BCUT2D eigenvalue weighted by atomic mass is 10.1. The number of aryl methyl sites for hydroxylation is 1. The Kier molecular flexibility index (Phi) is 3.66. The molecule has 1 saturated carbocycles. The quantitative estimate of drug-likeness (QED) is 0.857. The van der Waals surface area contributed by atoms with E-state index in [1.54, 1.807) is 17.7 Å². The van der Waals surface area contributed by atoms with E-state index in [2.05, 4.69) is 23.0 Å². The predicted octanol–water partition coefficient (Wildman–Crippen LogP) is 3.04. The molecular weight excluding hydrogens is 258 g/mol. The summed E-state index contributed by atoms with van der Waals surface area (Å²) in [7, 11) is 0. The van der Waals surface area contributed by atoms with Crippen LogP contribution < -0.4 is 10.5 Å². The first-order chi connectivity index (χ1) is 9.24. The summed E-state index contributed by atoms with van der Waals surface area (Å²) in [6.45, 7) is 2.08. The Morgan fingerprint density at radius 1 is 1.26 bits per heavy atom. The number of fused-ring (bicyclic) bond motifs is 1. The van der Waals surface area contributed by atoms with Crippen LogP contribution in [0.15, 0.2) is 12.4 Å². The van der Waals surface area contributed by atoms with Gasteiger partial charge in [-0.25, -0.2) is 9.97 Å². The first-order valence-corrected chi connectivity index (χ1v) is 7.69. The minimum absolute atomic E-state index is 0.0841. The average molecular weight is 277 g/mol. The highest BCUT2D eigenvalue weighted by Gasteiger charge is 2.23. The van der Waals surface area contributed by atoms with Crippen molar-refractivity contribution in [2.75, 3.05) is 0 Å². The molecule has 2 aromatic heterocycles. The van der Waals surface area contributed by atoms with E-state index in [4.69, 9.17) is 10.5 Å². The van der Waals surface area contributed by atoms with Crippen molar-refractivity contribution in [2.45, 2.75) is 51.2 Å². The summed E-state index contributed by atoms with van der Waals surface area (Å²) in [4.78, 5) is 10.8. The maximum absolute atomic E-state index is 6.21. The third-order valence-corrected chi connectivity index (χ3v) is 4.64. The van der Waals surface area contributed by atoms with Crippen LogP contribution in [-0.2, 0) is 0 Å². The molecule has 1 aliphatic carbocycles. The van der Waals surface area contributed by atoms with Crippen LogP contribution in [0.3, 0.4) is 0 Å². The minimum Gasteiger partial charge on any atom is -0.472 e. The summed E-state index contributed by atoms with van der Waals surface area (Å²) >= 11 is 1.67. The fraction of sp³-hybridized carbons (Fsp3) is 0.571. The molecule has 2 heterocycles. The number of nitrogens with two attached hydrogens (primary N) is 1. The maximum atomic E-state index is 6.21. The van der Waals surface area contributed by atoms with Crippen molar-refractivity contribution in [1.82, 2.24) is 9.97 Å². The molecule has 102 valence electrons. The Labute approximate surface area is 117 Å². The van der Waals surface area contributed by atoms with Gasteiger partial charge in [-0.3, -0.25) is 0 Å². The molecule has 0 spiro atoms. The van der Waals surface area contributed by atoms with Gasteiger partial charge < -0.3 is 10.5 Å². The zero-order chi connectivity index (χ0) is 13.2. The normalized spacial score (nSPS) is 24.3. The van der Waals surface area contributed by atoms with Gasteiger partial charge in [-0.15, -0.1) is 11.3 Å². The highest BCUT2D eigenvalue weighted by Crippen LogP contribution is 2.31. The van der Waals surface area contributed by atoms with Gasteiger partial charge in [0.2, 0.25) is 5.88 Å². The molecule has 1 fully saturated rings. The molecule has 1 aliphatic rings. The molecule has 2 unspecified atom stereocenters. The molecule has 19 heavy (non-hydrogen) atoms. The Morgan fingerprint density at radius 2 is 2.11 bits per heavy atom. The molecule has 2 aromatic rings. The average Bonchev–Trinajstić information content (AvgIpc) is 2.66. The van der Waals surface area contributed by atoms with Crippen molar-refractivity contribution >= 4 is 21.6 Å². The molecule has 0 radical (unpaired) electrons. The molecule has 2 atom stereocenters. The van der Waals surface area contributed by atoms with E-state index in [1.165, 1.54) is 24.1 Å². The Balaban J connectivity index is 1.87. The molecule has 4 nitrogen and oxygen atoms in total. The van der Waals surface area contributed by atoms with E-state index < -0.39 is 0 Å². The van der Waals surface area contributed by atoms with Crippen molar-refractivity contribution in [3.05, 3.63) is 17.3 Å². The third-order valence-electron chi connectivity index (χ3n) is 3.68. The lowest BCUT2D eigenvalue weighted by Gasteiger charge is -2.22. The molecule has 0 aromatic carbocycles. The lowest BCUT2D eigenvalue weighted by molar-refractivity contribution is 0.158. The Bertz CT molecular complexity index is 569. The van der Waals surface area contributed by atoms with Crippen LogP contribution in [0.4, 0.5) is 0 Å². The first-order valence-electron chi connectivity index (χ1n) is 6.87. The zero-order valence-corrected chi connectivity index (χ0v) is 11.9. The molecule has 0 amide bonds. The van der Waals surface area contributed by atoms with Crippen LogP contribution >= 0.6 is 11.3 Å². The second kappa shape index (κ2) is 5.43. The van der Waals surface area contributed by atoms with E-state index in [1.807, 2.05) is 0 Å². The van der Waals surface area contributed by atoms with Crippen LogP contribution in [0.5, 0.6) is 5.88 Å². The summed E-state index contributed by atoms with van der Waals surface area (Å²) in [5.41, 5.74) is 6.21. The monoisotopic (exact) mass is 277 g/mol. The van der Waals surface area contributed by atoms with Crippen LogP contribution in [0.25, 0.3) is 10.2 Å². The minimum atomic E-state index is 0.0841. The Morgan fingerprint density at radius 3 is 3.00 bits per heavy atom. The molecule has 5 heteroatoms. The predicted molar refractivity (Wildman–Crippen MR) is 77.6 cm³/mol. The zero-order valence-electron chi connectivity index (χ0n) is 11.1. The van der Waals surface area contributed by atoms with Gasteiger partial charge in [0.1, 0.15) is 17.3 Å². The second-order valence-corrected chi connectivity index (χ2v) is 6.45. The molecular formula is C14H19N3OS. The molecule has 0 bridgehead atoms. The van der Waals surface area contributed by atoms with Gasteiger partial charge >= 0.3 is 0 Å². The van der Waals surface area contributed by atoms with Gasteiger partial charge in [-0.05, 0) is 32.3 Å². The third kappa shape index (κ3) is 2.72. The van der Waals surface area contributed by atoms with Gasteiger partial charge in [0.25, 0.3) is 0 Å². The Hall–Kier alpha value is -1.20. The smallest absolute Gasteiger partial charge is 0.225 e. The highest BCUT2D eigenvalue weighted by atomic mass is 32.1. The number of thiophene rings is 1. The topological polar surface area (TPSA) is 61.0 Å². The second-order valence-electron chi connectivity index (χ2n) is 5.21. The van der Waals surface area contributed by atoms with E-state index in [0.29, 0.717) is 5.88 Å². The van der Waals surface area contributed by atoms with Gasteiger partial charge in [0, 0.05) is 10.9 Å². The van der Waals surface area contributed by atoms with Crippen molar-refractivity contribution in [3.63, 3.8) is 0 Å². The maximum Gasteiger partial charge on any atom is 0.225 e. The number of nitrogens with zero attached hydrogens (tertiary/aromatic N) is 2. The summed E-state index contributed by atoms with van der Waals surface area (Å²) < 4.78 is 6.10. The van der Waals surface area contributed by atoms with Crippen LogP contribution in [-0.4, -0.2) is 22.1 Å². The van der Waals surface area contributed by atoms with Gasteiger partial charge in [0.05, 0.1) is 5.39 Å². The fourth-order valence-corrected chi connectivity index (χ4v) is 3.48. The van der Waals surface area contributed by atoms with Gasteiger partial charge in [0.15, 0.2) is 0 Å². The number of hydrogen-bond donors (Lipinski definition) is 1. The van der Waals surface area contributed by atoms with Gasteiger partial charge in [-0.1, -0.05) is 12.8 Å². The van der Waals surface area contributed by atoms with Crippen molar-refractivity contribution in [1.29, 1.82) is 0 Å². The number of aromatic nitrogens is 2. The molecule has 3 rings (SSSR count). The van der Waals surface area contributed by atoms with Crippen molar-refractivity contribution < 1.29 is 4.74 Å². The van der Waals surface area contributed by atoms with Crippen LogP contribution in [0, 0.1) is 6.92 Å². The van der Waals surface area contributed by atoms with Crippen molar-refractivity contribution in [2.24, 2.45) is 5.73 Å². The molecule has 2 N–H and O–H groups in total. The molecule has 0 aliphatic heterocycles. The lowest BCUT2D eigenvalue weighted by Crippen LogP contribution is -2.38. The van der Waals surface area contributed by atoms with E-state index >= 15 is 0 Å². The van der Waals surface area contributed by atoms with E-state index in [-0.39, 0.29) is 12.1 Å². The van der Waals surface area contributed by atoms with Crippen molar-refractivity contribution in [3.8, 4) is 5.88 Å². The number of ether oxygens (including phenoxy) is 1. The summed E-state index contributed by atoms with van der Waals surface area (Å²) in [6, 6.07) is 2.21. The van der Waals surface area contributed by atoms with Crippen LogP contribution in [0.2, 0.25) is 0 Å².